The smallest absolute Gasteiger partial charge is 0.416 e. The number of para-hydroxylation sites is 2. The topological polar surface area (TPSA) is 85.1 Å². The average Bonchev–Trinajstić information content (AvgIpc) is 2.68. The Hall–Kier alpha value is -3.67. The van der Waals surface area contributed by atoms with Gasteiger partial charge < -0.3 is 9.47 Å². The summed E-state index contributed by atoms with van der Waals surface area (Å²) in [6.45, 7) is 0. The zero-order valence-corrected chi connectivity index (χ0v) is 14.4. The van der Waals surface area contributed by atoms with Crippen molar-refractivity contribution in [2.24, 2.45) is 0 Å². The summed E-state index contributed by atoms with van der Waals surface area (Å²) >= 11 is 0. The van der Waals surface area contributed by atoms with Crippen LogP contribution in [0.3, 0.4) is 0 Å². The minimum absolute atomic E-state index is 0.148. The molecule has 1 aromatic heterocycles. The van der Waals surface area contributed by atoms with E-state index in [1.807, 2.05) is 0 Å². The van der Waals surface area contributed by atoms with Gasteiger partial charge in [-0.15, -0.1) is 0 Å². The van der Waals surface area contributed by atoms with E-state index in [0.717, 1.165) is 19.2 Å². The molecule has 0 amide bonds. The molecule has 0 radical (unpaired) electrons. The zero-order valence-electron chi connectivity index (χ0n) is 14.4. The lowest BCUT2D eigenvalue weighted by molar-refractivity contribution is -0.141. The molecular formula is C19H12F3N3O3. The van der Waals surface area contributed by atoms with Gasteiger partial charge in [0.25, 0.3) is 0 Å². The number of nitriles is 1. The summed E-state index contributed by atoms with van der Waals surface area (Å²) in [6, 6.07) is 12.5. The van der Waals surface area contributed by atoms with Crippen molar-refractivity contribution in [1.29, 1.82) is 5.26 Å². The molecule has 1 unspecified atom stereocenters. The second-order valence-corrected chi connectivity index (χ2v) is 5.62. The Morgan fingerprint density at radius 3 is 2.39 bits per heavy atom. The van der Waals surface area contributed by atoms with Crippen molar-refractivity contribution in [2.75, 3.05) is 7.11 Å². The number of esters is 1. The summed E-state index contributed by atoms with van der Waals surface area (Å²) in [5.41, 5.74) is -0.289. The van der Waals surface area contributed by atoms with Gasteiger partial charge in [-0.3, -0.25) is 4.79 Å². The molecule has 0 spiro atoms. The van der Waals surface area contributed by atoms with Crippen LogP contribution in [0.4, 0.5) is 13.2 Å². The van der Waals surface area contributed by atoms with Crippen molar-refractivity contribution >= 4 is 17.0 Å². The van der Waals surface area contributed by atoms with Crippen LogP contribution >= 0.6 is 0 Å². The molecule has 0 fully saturated rings. The number of benzene rings is 2. The molecule has 3 aromatic rings. The van der Waals surface area contributed by atoms with Crippen LogP contribution in [0.15, 0.2) is 48.5 Å². The van der Waals surface area contributed by atoms with Crippen LogP contribution < -0.4 is 4.74 Å². The maximum Gasteiger partial charge on any atom is 0.416 e. The fourth-order valence-corrected chi connectivity index (χ4v) is 2.45. The maximum atomic E-state index is 12.9. The summed E-state index contributed by atoms with van der Waals surface area (Å²) in [5.74, 6) is -2.76. The molecule has 6 nitrogen and oxygen atoms in total. The summed E-state index contributed by atoms with van der Waals surface area (Å²) in [5, 5.41) is 9.37. The molecule has 0 saturated carbocycles. The van der Waals surface area contributed by atoms with Crippen molar-refractivity contribution in [3.05, 3.63) is 59.8 Å². The Labute approximate surface area is 157 Å². The van der Waals surface area contributed by atoms with Gasteiger partial charge in [0.1, 0.15) is 11.4 Å². The minimum Gasteiger partial charge on any atom is -0.468 e. The van der Waals surface area contributed by atoms with E-state index >= 15 is 0 Å². The van der Waals surface area contributed by atoms with Crippen LogP contribution in [0.25, 0.3) is 11.0 Å². The second kappa shape index (κ2) is 7.52. The lowest BCUT2D eigenvalue weighted by Gasteiger charge is -2.14. The third kappa shape index (κ3) is 3.86. The number of nitrogens with zero attached hydrogens (tertiary/aromatic N) is 3. The van der Waals surface area contributed by atoms with Crippen molar-refractivity contribution in [3.8, 4) is 17.7 Å². The largest absolute Gasteiger partial charge is 0.468 e. The van der Waals surface area contributed by atoms with Gasteiger partial charge in [-0.2, -0.15) is 18.4 Å². The summed E-state index contributed by atoms with van der Waals surface area (Å²) in [7, 11) is 1.11. The van der Waals surface area contributed by atoms with E-state index in [0.29, 0.717) is 11.0 Å². The number of fused-ring (bicyclic) bond motifs is 1. The first-order chi connectivity index (χ1) is 13.3. The SMILES string of the molecule is COC(=O)C(C#N)c1nc2ccccc2nc1Oc1cccc(C(F)(F)F)c1. The molecule has 0 N–H and O–H groups in total. The van der Waals surface area contributed by atoms with Gasteiger partial charge in [0.15, 0.2) is 5.92 Å². The molecule has 28 heavy (non-hydrogen) atoms. The maximum absolute atomic E-state index is 12.9. The first-order valence-corrected chi connectivity index (χ1v) is 7.92. The number of ether oxygens (including phenoxy) is 2. The van der Waals surface area contributed by atoms with E-state index in [1.54, 1.807) is 30.3 Å². The van der Waals surface area contributed by atoms with E-state index in [4.69, 9.17) is 4.74 Å². The molecule has 142 valence electrons. The van der Waals surface area contributed by atoms with Crippen LogP contribution in [0.2, 0.25) is 0 Å². The number of aromatic nitrogens is 2. The molecule has 0 aliphatic carbocycles. The fourth-order valence-electron chi connectivity index (χ4n) is 2.45. The van der Waals surface area contributed by atoms with Crippen LogP contribution in [-0.2, 0) is 15.7 Å². The average molecular weight is 387 g/mol. The van der Waals surface area contributed by atoms with Crippen LogP contribution in [0, 0.1) is 11.3 Å². The predicted octanol–water partition coefficient (Wildman–Crippen LogP) is 4.22. The Balaban J connectivity index is 2.12. The predicted molar refractivity (Wildman–Crippen MR) is 91.4 cm³/mol. The molecule has 3 rings (SSSR count). The Kier molecular flexibility index (Phi) is 5.13. The molecule has 0 saturated heterocycles. The third-order valence-electron chi connectivity index (χ3n) is 3.78. The third-order valence-corrected chi connectivity index (χ3v) is 3.78. The molecule has 1 heterocycles. The first-order valence-electron chi connectivity index (χ1n) is 7.92. The van der Waals surface area contributed by atoms with Crippen molar-refractivity contribution in [2.45, 2.75) is 12.1 Å². The van der Waals surface area contributed by atoms with Gasteiger partial charge in [-0.25, -0.2) is 9.97 Å². The van der Waals surface area contributed by atoms with Gasteiger partial charge in [-0.05, 0) is 30.3 Å². The summed E-state index contributed by atoms with van der Waals surface area (Å²) < 4.78 is 48.9. The van der Waals surface area contributed by atoms with Crippen molar-refractivity contribution < 1.29 is 27.4 Å². The lowest BCUT2D eigenvalue weighted by atomic mass is 10.1. The van der Waals surface area contributed by atoms with E-state index in [-0.39, 0.29) is 17.3 Å². The normalized spacial score (nSPS) is 12.2. The van der Waals surface area contributed by atoms with Crippen molar-refractivity contribution in [1.82, 2.24) is 9.97 Å². The standard InChI is InChI=1S/C19H12F3N3O3/c1-27-18(26)13(10-23)16-17(25-15-8-3-2-7-14(15)24-16)28-12-6-4-5-11(9-12)19(20,21)22/h2-9,13H,1H3. The molecule has 0 aliphatic rings. The number of rotatable bonds is 4. The minimum atomic E-state index is -4.56. The molecule has 0 aliphatic heterocycles. The number of carbonyl (C=O) groups is 1. The van der Waals surface area contributed by atoms with E-state index in [9.17, 15) is 23.2 Å². The van der Waals surface area contributed by atoms with Gasteiger partial charge in [0, 0.05) is 0 Å². The van der Waals surface area contributed by atoms with Gasteiger partial charge >= 0.3 is 12.1 Å². The van der Waals surface area contributed by atoms with Gasteiger partial charge in [0.05, 0.1) is 29.8 Å². The molecule has 9 heteroatoms. The Bertz CT molecular complexity index is 1080. The Morgan fingerprint density at radius 2 is 1.79 bits per heavy atom. The van der Waals surface area contributed by atoms with E-state index in [1.165, 1.54) is 12.1 Å². The lowest BCUT2D eigenvalue weighted by Crippen LogP contribution is -2.15. The highest BCUT2D eigenvalue weighted by molar-refractivity contribution is 5.83. The fraction of sp³-hybridized carbons (Fsp3) is 0.158. The highest BCUT2D eigenvalue weighted by Gasteiger charge is 2.32. The van der Waals surface area contributed by atoms with Crippen LogP contribution in [0.1, 0.15) is 17.2 Å². The Morgan fingerprint density at radius 1 is 1.11 bits per heavy atom. The number of alkyl halides is 3. The molecular weight excluding hydrogens is 375 g/mol. The summed E-state index contributed by atoms with van der Waals surface area (Å²) in [6.07, 6.45) is -4.56. The van der Waals surface area contributed by atoms with E-state index < -0.39 is 23.6 Å². The second-order valence-electron chi connectivity index (χ2n) is 5.62. The molecule has 1 atom stereocenters. The number of hydrogen-bond donors (Lipinski definition) is 0. The number of methoxy groups -OCH3 is 1. The number of carbonyl (C=O) groups excluding carboxylic acids is 1. The van der Waals surface area contributed by atoms with Crippen LogP contribution in [-0.4, -0.2) is 23.0 Å². The molecule has 2 aromatic carbocycles. The number of halogens is 3. The van der Waals surface area contributed by atoms with Crippen molar-refractivity contribution in [3.63, 3.8) is 0 Å². The monoisotopic (exact) mass is 387 g/mol. The zero-order chi connectivity index (χ0) is 20.3. The first kappa shape index (κ1) is 19.1. The van der Waals surface area contributed by atoms with Gasteiger partial charge in [-0.1, -0.05) is 18.2 Å². The quantitative estimate of drug-likeness (QED) is 0.623. The van der Waals surface area contributed by atoms with E-state index in [2.05, 4.69) is 14.7 Å². The molecule has 0 bridgehead atoms. The highest BCUT2D eigenvalue weighted by atomic mass is 19.4. The number of hydrogen-bond acceptors (Lipinski definition) is 6. The van der Waals surface area contributed by atoms with Crippen LogP contribution in [0.5, 0.6) is 11.6 Å². The highest BCUT2D eigenvalue weighted by Crippen LogP contribution is 2.34. The van der Waals surface area contributed by atoms with Gasteiger partial charge in [0.2, 0.25) is 5.88 Å². The summed E-state index contributed by atoms with van der Waals surface area (Å²) in [4.78, 5) is 20.4.